The predicted molar refractivity (Wildman–Crippen MR) is 188 cm³/mol. The maximum absolute atomic E-state index is 9.44. The minimum atomic E-state index is -0.413. The number of thiophene rings is 1. The van der Waals surface area contributed by atoms with Gasteiger partial charge >= 0.3 is 0 Å². The molecule has 0 saturated carbocycles. The molecule has 1 heterocycles. The normalized spacial score (nSPS) is 14.3. The number of benzene rings is 8. The second-order valence-corrected chi connectivity index (χ2v) is 11.7. The van der Waals surface area contributed by atoms with Crippen molar-refractivity contribution in [3.8, 4) is 33.4 Å². The van der Waals surface area contributed by atoms with Gasteiger partial charge in [-0.05, 0) is 77.8 Å². The third-order valence-electron chi connectivity index (χ3n) is 8.33. The van der Waals surface area contributed by atoms with E-state index in [2.05, 4.69) is 0 Å². The van der Waals surface area contributed by atoms with Gasteiger partial charge in [-0.3, -0.25) is 0 Å². The van der Waals surface area contributed by atoms with E-state index in [4.69, 9.17) is 5.48 Å². The highest BCUT2D eigenvalue weighted by molar-refractivity contribution is 7.25. The molecule has 1 aromatic heterocycles. The van der Waals surface area contributed by atoms with Crippen molar-refractivity contribution in [2.45, 2.75) is 0 Å². The van der Waals surface area contributed by atoms with Crippen molar-refractivity contribution in [1.29, 1.82) is 0 Å². The number of rotatable bonds is 3. The van der Waals surface area contributed by atoms with Crippen LogP contribution in [-0.2, 0) is 0 Å². The Labute approximate surface area is 265 Å². The van der Waals surface area contributed by atoms with Gasteiger partial charge in [0.1, 0.15) is 0 Å². The van der Waals surface area contributed by atoms with Crippen molar-refractivity contribution in [2.24, 2.45) is 0 Å². The number of fused-ring (bicyclic) bond motifs is 6. The van der Waals surface area contributed by atoms with Gasteiger partial charge in [0, 0.05) is 20.2 Å². The molecule has 0 atom stereocenters. The van der Waals surface area contributed by atoms with Gasteiger partial charge in [-0.2, -0.15) is 0 Å². The van der Waals surface area contributed by atoms with Crippen LogP contribution in [-0.4, -0.2) is 0 Å². The molecule has 0 radical (unpaired) electrons. The molecular formula is C42H26S. The second kappa shape index (κ2) is 9.66. The van der Waals surface area contributed by atoms with Crippen LogP contribution in [0.25, 0.3) is 85.9 Å². The highest BCUT2D eigenvalue weighted by Crippen LogP contribution is 2.49. The molecule has 0 aliphatic heterocycles. The van der Waals surface area contributed by atoms with Gasteiger partial charge in [-0.25, -0.2) is 0 Å². The molecule has 9 aromatic rings. The van der Waals surface area contributed by atoms with Crippen LogP contribution in [0.1, 0.15) is 11.0 Å². The summed E-state index contributed by atoms with van der Waals surface area (Å²) < 4.78 is 75.2. The van der Waals surface area contributed by atoms with E-state index >= 15 is 0 Å². The first-order valence-corrected chi connectivity index (χ1v) is 14.9. The Hall–Kier alpha value is -5.24. The van der Waals surface area contributed by atoms with Crippen LogP contribution in [0.5, 0.6) is 0 Å². The summed E-state index contributed by atoms with van der Waals surface area (Å²) in [7, 11) is 0. The van der Waals surface area contributed by atoms with E-state index < -0.39 is 24.2 Å². The molecule has 43 heavy (non-hydrogen) atoms. The van der Waals surface area contributed by atoms with Crippen molar-refractivity contribution < 1.29 is 11.0 Å². The molecule has 0 unspecified atom stereocenters. The van der Waals surface area contributed by atoms with Gasteiger partial charge in [0.2, 0.25) is 0 Å². The molecule has 9 rings (SSSR count). The van der Waals surface area contributed by atoms with Gasteiger partial charge in [-0.15, -0.1) is 11.3 Å². The summed E-state index contributed by atoms with van der Waals surface area (Å²) in [6.07, 6.45) is 0. The van der Waals surface area contributed by atoms with Crippen LogP contribution in [0.15, 0.2) is 158 Å². The molecule has 0 aliphatic carbocycles. The van der Waals surface area contributed by atoms with Crippen molar-refractivity contribution in [3.63, 3.8) is 0 Å². The fourth-order valence-corrected chi connectivity index (χ4v) is 7.67. The van der Waals surface area contributed by atoms with Gasteiger partial charge in [0.15, 0.2) is 0 Å². The van der Waals surface area contributed by atoms with Crippen molar-refractivity contribution >= 4 is 63.8 Å². The van der Waals surface area contributed by atoms with E-state index in [-0.39, 0.29) is 45.7 Å². The fourth-order valence-electron chi connectivity index (χ4n) is 6.53. The lowest BCUT2D eigenvalue weighted by Crippen LogP contribution is -1.92. The minimum Gasteiger partial charge on any atom is -0.135 e. The summed E-state index contributed by atoms with van der Waals surface area (Å²) >= 11 is 1.61. The lowest BCUT2D eigenvalue weighted by Gasteiger charge is -2.20. The van der Waals surface area contributed by atoms with Gasteiger partial charge in [-0.1, -0.05) is 145 Å². The van der Waals surface area contributed by atoms with Crippen LogP contribution in [0, 0.1) is 0 Å². The monoisotopic (exact) mass is 570 g/mol. The molecular weight excluding hydrogens is 537 g/mol. The molecule has 200 valence electrons. The van der Waals surface area contributed by atoms with E-state index in [1.165, 1.54) is 0 Å². The summed E-state index contributed by atoms with van der Waals surface area (Å²) in [5, 5.41) is 4.38. The molecule has 0 nitrogen and oxygen atoms in total. The minimum absolute atomic E-state index is 0.211. The first kappa shape index (κ1) is 17.7. The van der Waals surface area contributed by atoms with E-state index in [0.717, 1.165) is 42.1 Å². The van der Waals surface area contributed by atoms with Crippen LogP contribution < -0.4 is 0 Å². The molecule has 0 N–H and O–H groups in total. The maximum Gasteiger partial charge on any atom is 0.0629 e. The van der Waals surface area contributed by atoms with Crippen LogP contribution in [0.4, 0.5) is 0 Å². The first-order valence-electron chi connectivity index (χ1n) is 18.1. The van der Waals surface area contributed by atoms with E-state index in [0.29, 0.717) is 22.3 Å². The maximum atomic E-state index is 9.44. The van der Waals surface area contributed by atoms with Crippen molar-refractivity contribution in [2.75, 3.05) is 0 Å². The van der Waals surface area contributed by atoms with E-state index in [9.17, 15) is 5.48 Å². The van der Waals surface area contributed by atoms with Crippen LogP contribution in [0.3, 0.4) is 0 Å². The zero-order valence-electron chi connectivity index (χ0n) is 30.8. The Morgan fingerprint density at radius 2 is 0.884 bits per heavy atom. The van der Waals surface area contributed by atoms with Crippen LogP contribution in [0.2, 0.25) is 0 Å². The molecule has 0 saturated heterocycles. The quantitative estimate of drug-likeness (QED) is 0.185. The summed E-state index contributed by atoms with van der Waals surface area (Å²) in [4.78, 5) is 0. The van der Waals surface area contributed by atoms with Gasteiger partial charge in [0.05, 0.1) is 11.0 Å². The average Bonchev–Trinajstić information content (AvgIpc) is 3.55. The Kier molecular flexibility index (Phi) is 3.97. The molecule has 0 aliphatic rings. The molecule has 0 bridgehead atoms. The third kappa shape index (κ3) is 3.69. The Morgan fingerprint density at radius 1 is 0.372 bits per heavy atom. The van der Waals surface area contributed by atoms with Crippen LogP contribution >= 0.6 is 11.3 Å². The Bertz CT molecular complexity index is 2870. The molecule has 8 aromatic carbocycles. The molecule has 0 fully saturated rings. The topological polar surface area (TPSA) is 0 Å². The average molecular weight is 571 g/mol. The van der Waals surface area contributed by atoms with E-state index in [1.54, 1.807) is 11.3 Å². The SMILES string of the molecule is [2H]c1c([2H])c([2H])c2c(-c3cccc4sc5ccccc5c34)c3c([2H])c([2H])c([2H])c([2H])c3c(-c3ccc(-c4ccccc4)c4ccccc34)c2c1[2H]. The predicted octanol–water partition coefficient (Wildman–Crippen LogP) is 12.5. The summed E-state index contributed by atoms with van der Waals surface area (Å²) in [6.45, 7) is 0. The zero-order valence-corrected chi connectivity index (χ0v) is 23.6. The summed E-state index contributed by atoms with van der Waals surface area (Å²) in [6, 6.07) is 32.7. The zero-order chi connectivity index (χ0) is 35.3. The van der Waals surface area contributed by atoms with Crippen molar-refractivity contribution in [1.82, 2.24) is 0 Å². The lowest BCUT2D eigenvalue weighted by molar-refractivity contribution is 1.64. The largest absolute Gasteiger partial charge is 0.135 e. The Morgan fingerprint density at radius 3 is 1.56 bits per heavy atom. The smallest absolute Gasteiger partial charge is 0.0629 e. The molecule has 0 spiro atoms. The standard InChI is InChI=1S/C42H26S/c1-2-13-27(14-3-1)28-25-26-35(30-16-5-4-15-29(28)30)40-31-17-6-8-19-33(31)41(34-20-9-7-18-32(34)40)37-22-12-24-39-42(37)36-21-10-11-23-38(36)43-39/h1-26H/i6D,7D,8D,9D,17D,18D,19D,20D. The first-order chi connectivity index (χ1) is 24.7. The van der Waals surface area contributed by atoms with Gasteiger partial charge in [0.25, 0.3) is 0 Å². The van der Waals surface area contributed by atoms with Gasteiger partial charge < -0.3 is 0 Å². The molecule has 1 heteroatoms. The number of hydrogen-bond acceptors (Lipinski definition) is 1. The highest BCUT2D eigenvalue weighted by atomic mass is 32.1. The number of hydrogen-bond donors (Lipinski definition) is 0. The Balaban J connectivity index is 1.58. The highest BCUT2D eigenvalue weighted by Gasteiger charge is 2.20. The van der Waals surface area contributed by atoms with E-state index in [1.807, 2.05) is 109 Å². The summed E-state index contributed by atoms with van der Waals surface area (Å²) in [5.74, 6) is 0. The third-order valence-corrected chi connectivity index (χ3v) is 9.46. The fraction of sp³-hybridized carbons (Fsp3) is 0. The van der Waals surface area contributed by atoms with Crippen molar-refractivity contribution in [3.05, 3.63) is 158 Å². The summed E-state index contributed by atoms with van der Waals surface area (Å²) in [5.41, 5.74) is 3.94. The second-order valence-electron chi connectivity index (χ2n) is 10.6. The molecule has 0 amide bonds. The lowest BCUT2D eigenvalue weighted by atomic mass is 9.83.